The lowest BCUT2D eigenvalue weighted by Crippen LogP contribution is -2.24. The van der Waals surface area contributed by atoms with Gasteiger partial charge in [-0.05, 0) is 43.3 Å². The van der Waals surface area contributed by atoms with E-state index in [2.05, 4.69) is 15.6 Å². The number of aryl methyl sites for hydroxylation is 1. The van der Waals surface area contributed by atoms with Crippen LogP contribution in [0.25, 0.3) is 10.9 Å². The van der Waals surface area contributed by atoms with Crippen molar-refractivity contribution in [2.24, 2.45) is 5.73 Å². The lowest BCUT2D eigenvalue weighted by molar-refractivity contribution is 0.100. The van der Waals surface area contributed by atoms with Gasteiger partial charge in [0.05, 0.1) is 24.2 Å². The Morgan fingerprint density at radius 2 is 2.11 bits per heavy atom. The molecule has 1 amide bonds. The predicted molar refractivity (Wildman–Crippen MR) is 108 cm³/mol. The van der Waals surface area contributed by atoms with Crippen LogP contribution in [0.2, 0.25) is 0 Å². The van der Waals surface area contributed by atoms with Crippen LogP contribution >= 0.6 is 0 Å². The molecule has 28 heavy (non-hydrogen) atoms. The number of anilines is 1. The maximum Gasteiger partial charge on any atom is 0.250 e. The molecule has 2 aromatic carbocycles. The zero-order valence-electron chi connectivity index (χ0n) is 16.0. The number of hydrogen-bond donors (Lipinski definition) is 3. The number of amides is 1. The summed E-state index contributed by atoms with van der Waals surface area (Å²) in [7, 11) is 3.27. The molecule has 0 saturated carbocycles. The third-order valence-electron chi connectivity index (χ3n) is 4.66. The summed E-state index contributed by atoms with van der Waals surface area (Å²) in [6, 6.07) is 9.99. The zero-order valence-corrected chi connectivity index (χ0v) is 16.0. The van der Waals surface area contributed by atoms with E-state index >= 15 is 0 Å². The molecule has 1 unspecified atom stereocenters. The first-order valence-electron chi connectivity index (χ1n) is 8.89. The van der Waals surface area contributed by atoms with E-state index in [0.717, 1.165) is 22.2 Å². The van der Waals surface area contributed by atoms with Crippen LogP contribution in [0.5, 0.6) is 5.75 Å². The van der Waals surface area contributed by atoms with Crippen LogP contribution < -0.4 is 21.1 Å². The number of ether oxygens (including phenoxy) is 1. The zero-order chi connectivity index (χ0) is 20.3. The van der Waals surface area contributed by atoms with E-state index < -0.39 is 11.7 Å². The second-order valence-electron chi connectivity index (χ2n) is 6.53. The Kier molecular flexibility index (Phi) is 5.75. The van der Waals surface area contributed by atoms with Gasteiger partial charge in [0.2, 0.25) is 0 Å². The van der Waals surface area contributed by atoms with E-state index in [1.54, 1.807) is 24.4 Å². The minimum atomic E-state index is -0.531. The van der Waals surface area contributed by atoms with Crippen molar-refractivity contribution in [3.05, 3.63) is 65.1 Å². The summed E-state index contributed by atoms with van der Waals surface area (Å²) in [5.41, 5.74) is 8.88. The van der Waals surface area contributed by atoms with Crippen molar-refractivity contribution in [3.8, 4) is 5.75 Å². The molecule has 0 saturated heterocycles. The average molecular weight is 382 g/mol. The largest absolute Gasteiger partial charge is 0.494 e. The van der Waals surface area contributed by atoms with Gasteiger partial charge in [0, 0.05) is 23.8 Å². The molecule has 0 aliphatic carbocycles. The van der Waals surface area contributed by atoms with Crippen molar-refractivity contribution in [1.29, 1.82) is 0 Å². The molecule has 6 nitrogen and oxygen atoms in total. The van der Waals surface area contributed by atoms with Gasteiger partial charge in [-0.15, -0.1) is 0 Å². The predicted octanol–water partition coefficient (Wildman–Crippen LogP) is 3.16. The Morgan fingerprint density at radius 3 is 2.75 bits per heavy atom. The van der Waals surface area contributed by atoms with E-state index in [1.165, 1.54) is 13.2 Å². The fraction of sp³-hybridized carbons (Fsp3) is 0.238. The second kappa shape index (κ2) is 8.22. The summed E-state index contributed by atoms with van der Waals surface area (Å²) in [6.45, 7) is 2.49. The molecule has 4 N–H and O–H groups in total. The van der Waals surface area contributed by atoms with Crippen LogP contribution in [0.1, 0.15) is 27.5 Å². The summed E-state index contributed by atoms with van der Waals surface area (Å²) in [4.78, 5) is 16.1. The number of carbonyl (C=O) groups excluding carboxylic acids is 1. The summed E-state index contributed by atoms with van der Waals surface area (Å²) < 4.78 is 19.2. The molecule has 7 heteroatoms. The van der Waals surface area contributed by atoms with Crippen LogP contribution in [-0.4, -0.2) is 31.6 Å². The average Bonchev–Trinajstić information content (AvgIpc) is 2.68. The molecule has 1 heterocycles. The summed E-state index contributed by atoms with van der Waals surface area (Å²) >= 11 is 0. The van der Waals surface area contributed by atoms with E-state index in [4.69, 9.17) is 10.5 Å². The number of primary amides is 1. The highest BCUT2D eigenvalue weighted by Gasteiger charge is 2.18. The molecule has 0 bridgehead atoms. The third-order valence-corrected chi connectivity index (χ3v) is 4.66. The van der Waals surface area contributed by atoms with Gasteiger partial charge in [-0.25, -0.2) is 4.39 Å². The van der Waals surface area contributed by atoms with Crippen LogP contribution in [0.15, 0.2) is 42.6 Å². The number of benzene rings is 2. The van der Waals surface area contributed by atoms with Crippen molar-refractivity contribution >= 4 is 22.5 Å². The minimum absolute atomic E-state index is 0.198. The first-order valence-corrected chi connectivity index (χ1v) is 8.89. The van der Waals surface area contributed by atoms with Crippen LogP contribution in [0.4, 0.5) is 10.1 Å². The molecule has 1 aromatic heterocycles. The standard InChI is InChI=1S/C21H23FN4O2/c1-12-10-25-20-14(5-4-6-15(20)21(23)27)19(12)26-17(11-24-2)13-7-8-18(28-3)16(22)9-13/h4-10,17,24H,11H2,1-3H3,(H2,23,27)(H,25,26). The Labute approximate surface area is 162 Å². The normalized spacial score (nSPS) is 12.0. The number of rotatable bonds is 7. The van der Waals surface area contributed by atoms with Crippen LogP contribution in [0.3, 0.4) is 0 Å². The highest BCUT2D eigenvalue weighted by atomic mass is 19.1. The molecule has 3 rings (SSSR count). The molecule has 3 aromatic rings. The smallest absolute Gasteiger partial charge is 0.250 e. The van der Waals surface area contributed by atoms with Gasteiger partial charge < -0.3 is 21.1 Å². The van der Waals surface area contributed by atoms with E-state index in [9.17, 15) is 9.18 Å². The molecule has 0 aliphatic heterocycles. The quantitative estimate of drug-likeness (QED) is 0.584. The highest BCUT2D eigenvalue weighted by molar-refractivity contribution is 6.07. The number of hydrogen-bond acceptors (Lipinski definition) is 5. The monoisotopic (exact) mass is 382 g/mol. The number of likely N-dealkylation sites (N-methyl/N-ethyl adjacent to an activating group) is 1. The van der Waals surface area contributed by atoms with E-state index in [1.807, 2.05) is 26.1 Å². The topological polar surface area (TPSA) is 89.3 Å². The molecular formula is C21H23FN4O2. The van der Waals surface area contributed by atoms with Gasteiger partial charge in [0.25, 0.3) is 5.91 Å². The Morgan fingerprint density at radius 1 is 1.32 bits per heavy atom. The van der Waals surface area contributed by atoms with E-state index in [0.29, 0.717) is 17.6 Å². The number of pyridine rings is 1. The number of halogens is 1. The first kappa shape index (κ1) is 19.6. The molecule has 0 spiro atoms. The number of fused-ring (bicyclic) bond motifs is 1. The first-order chi connectivity index (χ1) is 13.5. The van der Waals surface area contributed by atoms with Gasteiger partial charge in [-0.3, -0.25) is 9.78 Å². The number of aromatic nitrogens is 1. The molecule has 0 radical (unpaired) electrons. The molecule has 146 valence electrons. The minimum Gasteiger partial charge on any atom is -0.494 e. The van der Waals surface area contributed by atoms with Gasteiger partial charge in [0.15, 0.2) is 11.6 Å². The summed E-state index contributed by atoms with van der Waals surface area (Å²) in [6.07, 6.45) is 1.70. The molecule has 0 fully saturated rings. The Balaban J connectivity index is 2.07. The summed E-state index contributed by atoms with van der Waals surface area (Å²) in [5.74, 6) is -0.754. The number of carbonyl (C=O) groups is 1. The van der Waals surface area contributed by atoms with Crippen molar-refractivity contribution < 1.29 is 13.9 Å². The van der Waals surface area contributed by atoms with Gasteiger partial charge in [0.1, 0.15) is 0 Å². The molecular weight excluding hydrogens is 359 g/mol. The maximum atomic E-state index is 14.2. The highest BCUT2D eigenvalue weighted by Crippen LogP contribution is 2.31. The summed E-state index contributed by atoms with van der Waals surface area (Å²) in [5, 5.41) is 7.39. The van der Waals surface area contributed by atoms with Crippen molar-refractivity contribution in [2.75, 3.05) is 26.0 Å². The van der Waals surface area contributed by atoms with Crippen molar-refractivity contribution in [2.45, 2.75) is 13.0 Å². The number of para-hydroxylation sites is 1. The fourth-order valence-electron chi connectivity index (χ4n) is 3.24. The van der Waals surface area contributed by atoms with Crippen LogP contribution in [-0.2, 0) is 0 Å². The number of nitrogens with two attached hydrogens (primary N) is 1. The number of nitrogens with zero attached hydrogens (tertiary/aromatic N) is 1. The van der Waals surface area contributed by atoms with E-state index in [-0.39, 0.29) is 11.8 Å². The van der Waals surface area contributed by atoms with Crippen molar-refractivity contribution in [3.63, 3.8) is 0 Å². The molecule has 1 atom stereocenters. The third kappa shape index (κ3) is 3.75. The number of nitrogens with one attached hydrogen (secondary N) is 2. The lowest BCUT2D eigenvalue weighted by Gasteiger charge is -2.23. The number of methoxy groups -OCH3 is 1. The van der Waals surface area contributed by atoms with Gasteiger partial charge >= 0.3 is 0 Å². The van der Waals surface area contributed by atoms with Crippen LogP contribution in [0, 0.1) is 12.7 Å². The van der Waals surface area contributed by atoms with Gasteiger partial charge in [-0.2, -0.15) is 0 Å². The SMILES string of the molecule is CNCC(Nc1c(C)cnc2c(C(N)=O)cccc12)c1ccc(OC)c(F)c1. The second-order valence-corrected chi connectivity index (χ2v) is 6.53. The Bertz CT molecular complexity index is 1020. The lowest BCUT2D eigenvalue weighted by atomic mass is 10.0. The maximum absolute atomic E-state index is 14.2. The molecule has 0 aliphatic rings. The van der Waals surface area contributed by atoms with Crippen molar-refractivity contribution in [1.82, 2.24) is 10.3 Å². The fourth-order valence-corrected chi connectivity index (χ4v) is 3.24. The van der Waals surface area contributed by atoms with Gasteiger partial charge in [-0.1, -0.05) is 18.2 Å². The Hall–Kier alpha value is -3.19.